The average molecular weight is 503 g/mol. The van der Waals surface area contributed by atoms with Crippen molar-refractivity contribution >= 4 is 22.3 Å². The van der Waals surface area contributed by atoms with Crippen LogP contribution in [0.5, 0.6) is 0 Å². The van der Waals surface area contributed by atoms with Crippen molar-refractivity contribution in [1.82, 2.24) is 15.3 Å². The van der Waals surface area contributed by atoms with Crippen molar-refractivity contribution in [2.45, 2.75) is 51.2 Å². The third kappa shape index (κ3) is 5.53. The maximum atomic E-state index is 10.9. The summed E-state index contributed by atoms with van der Waals surface area (Å²) < 4.78 is 6.26. The van der Waals surface area contributed by atoms with Crippen molar-refractivity contribution in [2.24, 2.45) is 0 Å². The second kappa shape index (κ2) is 11.0. The largest absolute Gasteiger partial charge is 0.390 e. The predicted molar refractivity (Wildman–Crippen MR) is 143 cm³/mol. The highest BCUT2D eigenvalue weighted by atomic mass is 16.5. The van der Waals surface area contributed by atoms with Crippen molar-refractivity contribution < 1.29 is 14.9 Å². The predicted octanol–water partition coefficient (Wildman–Crippen LogP) is 2.13. The SMILES string of the molecule is Cc1cc(N2CCC(NCC3CN(c4ccc(C#N)c5ncccc45)C[C@@H](C)O3)C(O)C2)cc(CO)n1. The molecule has 9 heteroatoms. The van der Waals surface area contributed by atoms with E-state index in [2.05, 4.69) is 38.1 Å². The zero-order valence-corrected chi connectivity index (χ0v) is 21.3. The number of pyridine rings is 2. The number of nitrogens with one attached hydrogen (secondary N) is 1. The van der Waals surface area contributed by atoms with Crippen LogP contribution in [0.25, 0.3) is 10.9 Å². The number of morpholine rings is 1. The molecule has 9 nitrogen and oxygen atoms in total. The molecule has 0 amide bonds. The molecule has 0 bridgehead atoms. The van der Waals surface area contributed by atoms with Gasteiger partial charge in [-0.05, 0) is 56.7 Å². The van der Waals surface area contributed by atoms with Gasteiger partial charge in [-0.2, -0.15) is 5.26 Å². The lowest BCUT2D eigenvalue weighted by molar-refractivity contribution is -0.0188. The molecule has 37 heavy (non-hydrogen) atoms. The number of rotatable bonds is 6. The summed E-state index contributed by atoms with van der Waals surface area (Å²) in [5, 5.41) is 34.4. The fraction of sp³-hybridized carbons (Fsp3) is 0.464. The van der Waals surface area contributed by atoms with E-state index in [1.165, 1.54) is 0 Å². The summed E-state index contributed by atoms with van der Waals surface area (Å²) in [5.74, 6) is 0. The normalized spacial score (nSPS) is 24.3. The second-order valence-electron chi connectivity index (χ2n) is 10.1. The van der Waals surface area contributed by atoms with Crippen LogP contribution >= 0.6 is 0 Å². The molecule has 2 saturated heterocycles. The van der Waals surface area contributed by atoms with Gasteiger partial charge in [-0.3, -0.25) is 9.97 Å². The standard InChI is InChI=1S/C28H34N6O3/c1-18-10-22(11-21(17-35)32-18)33-9-7-25(27(36)16-33)31-13-23-15-34(14-19(2)37-23)26-6-5-20(12-29)28-24(26)4-3-8-30-28/h3-6,8,10-11,19,23,25,27,31,35-36H,7,9,13-17H2,1-2H3/t19-,23?,25?,27?/m1/s1. The molecule has 0 radical (unpaired) electrons. The first-order valence-electron chi connectivity index (χ1n) is 12.9. The molecule has 194 valence electrons. The Bertz CT molecular complexity index is 1290. The van der Waals surface area contributed by atoms with Crippen LogP contribution in [0.15, 0.2) is 42.6 Å². The Morgan fingerprint density at radius 3 is 2.84 bits per heavy atom. The molecule has 4 heterocycles. The van der Waals surface area contributed by atoms with Gasteiger partial charge in [-0.1, -0.05) is 0 Å². The number of aryl methyl sites for hydroxylation is 1. The van der Waals surface area contributed by atoms with E-state index in [0.29, 0.717) is 30.9 Å². The fourth-order valence-corrected chi connectivity index (χ4v) is 5.55. The van der Waals surface area contributed by atoms with Gasteiger partial charge in [0.15, 0.2) is 0 Å². The van der Waals surface area contributed by atoms with Crippen LogP contribution < -0.4 is 15.1 Å². The molecule has 2 fully saturated rings. The summed E-state index contributed by atoms with van der Waals surface area (Å²) >= 11 is 0. The Kier molecular flexibility index (Phi) is 7.53. The smallest absolute Gasteiger partial charge is 0.101 e. The van der Waals surface area contributed by atoms with Gasteiger partial charge in [0.1, 0.15) is 6.07 Å². The highest BCUT2D eigenvalue weighted by Crippen LogP contribution is 2.30. The van der Waals surface area contributed by atoms with E-state index in [4.69, 9.17) is 4.74 Å². The van der Waals surface area contributed by atoms with Gasteiger partial charge < -0.3 is 30.1 Å². The van der Waals surface area contributed by atoms with Crippen molar-refractivity contribution in [1.29, 1.82) is 5.26 Å². The first-order valence-corrected chi connectivity index (χ1v) is 12.9. The van der Waals surface area contributed by atoms with E-state index in [1.807, 2.05) is 43.3 Å². The van der Waals surface area contributed by atoms with Gasteiger partial charge in [0, 0.05) is 67.4 Å². The van der Waals surface area contributed by atoms with Gasteiger partial charge in [-0.15, -0.1) is 0 Å². The third-order valence-electron chi connectivity index (χ3n) is 7.24. The first-order chi connectivity index (χ1) is 17.9. The number of piperidine rings is 1. The Labute approximate surface area is 217 Å². The van der Waals surface area contributed by atoms with Crippen LogP contribution in [-0.4, -0.2) is 77.3 Å². The Morgan fingerprint density at radius 2 is 2.05 bits per heavy atom. The van der Waals surface area contributed by atoms with Gasteiger partial charge in [0.05, 0.1) is 41.7 Å². The van der Waals surface area contributed by atoms with E-state index in [-0.39, 0.29) is 24.9 Å². The minimum absolute atomic E-state index is 0.0225. The van der Waals surface area contributed by atoms with E-state index >= 15 is 0 Å². The van der Waals surface area contributed by atoms with E-state index in [9.17, 15) is 15.5 Å². The Balaban J connectivity index is 1.22. The molecule has 1 aromatic carbocycles. The summed E-state index contributed by atoms with van der Waals surface area (Å²) in [6, 6.07) is 13.9. The molecule has 0 aliphatic carbocycles. The molecule has 3 unspecified atom stereocenters. The summed E-state index contributed by atoms with van der Waals surface area (Å²) in [6.45, 7) is 7.33. The lowest BCUT2D eigenvalue weighted by Gasteiger charge is -2.41. The number of hydrogen-bond acceptors (Lipinski definition) is 9. The molecule has 2 aromatic heterocycles. The first kappa shape index (κ1) is 25.4. The lowest BCUT2D eigenvalue weighted by atomic mass is 10.0. The van der Waals surface area contributed by atoms with Gasteiger partial charge in [0.2, 0.25) is 0 Å². The molecular formula is C28H34N6O3. The van der Waals surface area contributed by atoms with Crippen LogP contribution in [0, 0.1) is 18.3 Å². The Hall–Kier alpha value is -3.29. The maximum absolute atomic E-state index is 10.9. The van der Waals surface area contributed by atoms with Gasteiger partial charge in [0.25, 0.3) is 0 Å². The number of aliphatic hydroxyl groups is 2. The average Bonchev–Trinajstić information content (AvgIpc) is 2.91. The lowest BCUT2D eigenvalue weighted by Crippen LogP contribution is -2.56. The summed E-state index contributed by atoms with van der Waals surface area (Å²) in [7, 11) is 0. The number of β-amino-alcohol motifs (C(OH)–C–C–N with tert-alkyl or cyclic N) is 1. The monoisotopic (exact) mass is 502 g/mol. The van der Waals surface area contributed by atoms with Crippen molar-refractivity contribution in [3.63, 3.8) is 0 Å². The fourth-order valence-electron chi connectivity index (χ4n) is 5.55. The van der Waals surface area contributed by atoms with Crippen LogP contribution in [0.3, 0.4) is 0 Å². The molecule has 2 aliphatic heterocycles. The van der Waals surface area contributed by atoms with Crippen LogP contribution in [0.2, 0.25) is 0 Å². The number of aromatic nitrogens is 2. The number of nitriles is 1. The maximum Gasteiger partial charge on any atom is 0.101 e. The van der Waals surface area contributed by atoms with Gasteiger partial charge in [-0.25, -0.2) is 0 Å². The number of anilines is 2. The van der Waals surface area contributed by atoms with E-state index < -0.39 is 6.10 Å². The molecule has 2 aliphatic rings. The minimum Gasteiger partial charge on any atom is -0.390 e. The van der Waals surface area contributed by atoms with Gasteiger partial charge >= 0.3 is 0 Å². The van der Waals surface area contributed by atoms with Crippen LogP contribution in [-0.2, 0) is 11.3 Å². The topological polar surface area (TPSA) is 118 Å². The van der Waals surface area contributed by atoms with E-state index in [0.717, 1.165) is 47.5 Å². The number of nitrogens with zero attached hydrogens (tertiary/aromatic N) is 5. The highest BCUT2D eigenvalue weighted by Gasteiger charge is 2.31. The number of ether oxygens (including phenoxy) is 1. The molecule has 0 spiro atoms. The summed E-state index contributed by atoms with van der Waals surface area (Å²) in [5.41, 5.74) is 4.85. The van der Waals surface area contributed by atoms with E-state index in [1.54, 1.807) is 6.20 Å². The van der Waals surface area contributed by atoms with Crippen molar-refractivity contribution in [3.8, 4) is 6.07 Å². The number of hydrogen-bond donors (Lipinski definition) is 3. The second-order valence-corrected chi connectivity index (χ2v) is 10.1. The molecular weight excluding hydrogens is 468 g/mol. The van der Waals surface area contributed by atoms with Crippen molar-refractivity contribution in [2.75, 3.05) is 42.5 Å². The summed E-state index contributed by atoms with van der Waals surface area (Å²) in [4.78, 5) is 13.3. The highest BCUT2D eigenvalue weighted by molar-refractivity contribution is 5.95. The minimum atomic E-state index is -0.523. The third-order valence-corrected chi connectivity index (χ3v) is 7.24. The molecule has 5 rings (SSSR count). The number of fused-ring (bicyclic) bond motifs is 1. The molecule has 3 N–H and O–H groups in total. The van der Waals surface area contributed by atoms with Crippen molar-refractivity contribution in [3.05, 3.63) is 59.5 Å². The van der Waals surface area contributed by atoms with Crippen LogP contribution in [0.1, 0.15) is 30.3 Å². The summed E-state index contributed by atoms with van der Waals surface area (Å²) in [6.07, 6.45) is 2.01. The quantitative estimate of drug-likeness (QED) is 0.466. The zero-order chi connectivity index (χ0) is 25.9. The van der Waals surface area contributed by atoms with Crippen LogP contribution in [0.4, 0.5) is 11.4 Å². The number of benzene rings is 1. The molecule has 0 saturated carbocycles. The zero-order valence-electron chi connectivity index (χ0n) is 21.3. The molecule has 3 aromatic rings. The number of aliphatic hydroxyl groups excluding tert-OH is 2. The molecule has 4 atom stereocenters. The Morgan fingerprint density at radius 1 is 1.19 bits per heavy atom.